The van der Waals surface area contributed by atoms with Gasteiger partial charge in [0.1, 0.15) is 5.25 Å². The molecule has 0 saturated heterocycles. The number of benzene rings is 2. The highest BCUT2D eigenvalue weighted by Crippen LogP contribution is 2.33. The molecule has 0 saturated carbocycles. The SMILES string of the molecule is C=CC(c1ccc(-n2nc(C(F)(F)F)cc2-c2ccc(C)cc2)cc1)S(=O)O. The Morgan fingerprint density at radius 2 is 1.75 bits per heavy atom. The molecule has 8 heteroatoms. The van der Waals surface area contributed by atoms with Crippen LogP contribution in [-0.2, 0) is 17.3 Å². The molecule has 2 atom stereocenters. The maximum atomic E-state index is 13.2. The zero-order valence-corrected chi connectivity index (χ0v) is 15.7. The van der Waals surface area contributed by atoms with Crippen molar-refractivity contribution < 1.29 is 21.9 Å². The van der Waals surface area contributed by atoms with Gasteiger partial charge in [0.15, 0.2) is 16.8 Å². The lowest BCUT2D eigenvalue weighted by Gasteiger charge is -2.11. The monoisotopic (exact) mass is 406 g/mol. The van der Waals surface area contributed by atoms with Crippen LogP contribution in [0.4, 0.5) is 13.2 Å². The Hall–Kier alpha value is -2.71. The van der Waals surface area contributed by atoms with Gasteiger partial charge in [0.05, 0.1) is 11.4 Å². The van der Waals surface area contributed by atoms with Crippen LogP contribution >= 0.6 is 0 Å². The van der Waals surface area contributed by atoms with Crippen molar-refractivity contribution in [2.75, 3.05) is 0 Å². The highest BCUT2D eigenvalue weighted by molar-refractivity contribution is 7.79. The smallest absolute Gasteiger partial charge is 0.305 e. The second kappa shape index (κ2) is 7.73. The molecule has 0 spiro atoms. The summed E-state index contributed by atoms with van der Waals surface area (Å²) in [5, 5.41) is 2.96. The number of nitrogens with zero attached hydrogens (tertiary/aromatic N) is 2. The number of hydrogen-bond donors (Lipinski definition) is 1. The summed E-state index contributed by atoms with van der Waals surface area (Å²) in [6, 6.07) is 14.4. The number of aryl methyl sites for hydroxylation is 1. The summed E-state index contributed by atoms with van der Waals surface area (Å²) >= 11 is -2.14. The minimum absolute atomic E-state index is 0.297. The normalized spacial score (nSPS) is 13.9. The first-order valence-electron chi connectivity index (χ1n) is 8.27. The summed E-state index contributed by atoms with van der Waals surface area (Å²) in [7, 11) is 0. The molecule has 0 fully saturated rings. The predicted octanol–water partition coefficient (Wildman–Crippen LogP) is 5.32. The lowest BCUT2D eigenvalue weighted by molar-refractivity contribution is -0.141. The lowest BCUT2D eigenvalue weighted by Crippen LogP contribution is -2.08. The Bertz CT molecular complexity index is 1010. The van der Waals surface area contributed by atoms with Crippen molar-refractivity contribution in [2.24, 2.45) is 0 Å². The standard InChI is InChI=1S/C20H17F3N2O2S/c1-3-18(28(26)27)15-8-10-16(11-9-15)25-17(12-19(24-25)20(21,22)23)14-6-4-13(2)5-7-14/h3-12,18H,1H2,2H3,(H,26,27). The Morgan fingerprint density at radius 1 is 1.14 bits per heavy atom. The molecule has 0 aliphatic carbocycles. The molecule has 28 heavy (non-hydrogen) atoms. The fourth-order valence-electron chi connectivity index (χ4n) is 2.79. The molecule has 1 N–H and O–H groups in total. The van der Waals surface area contributed by atoms with E-state index >= 15 is 0 Å². The van der Waals surface area contributed by atoms with Crippen LogP contribution < -0.4 is 0 Å². The van der Waals surface area contributed by atoms with Crippen LogP contribution in [0.15, 0.2) is 67.3 Å². The van der Waals surface area contributed by atoms with Crippen molar-refractivity contribution in [2.45, 2.75) is 18.3 Å². The average Bonchev–Trinajstić information content (AvgIpc) is 3.09. The van der Waals surface area contributed by atoms with Gasteiger partial charge in [-0.15, -0.1) is 6.58 Å². The number of halogens is 3. The van der Waals surface area contributed by atoms with Crippen LogP contribution in [0, 0.1) is 6.92 Å². The zero-order valence-electron chi connectivity index (χ0n) is 14.8. The van der Waals surface area contributed by atoms with Crippen molar-refractivity contribution in [1.29, 1.82) is 0 Å². The molecule has 4 nitrogen and oxygen atoms in total. The molecule has 0 radical (unpaired) electrons. The van der Waals surface area contributed by atoms with Crippen LogP contribution in [0.5, 0.6) is 0 Å². The first-order chi connectivity index (χ1) is 13.2. The van der Waals surface area contributed by atoms with E-state index in [4.69, 9.17) is 0 Å². The van der Waals surface area contributed by atoms with E-state index in [0.29, 0.717) is 22.5 Å². The van der Waals surface area contributed by atoms with Gasteiger partial charge in [0, 0.05) is 5.56 Å². The van der Waals surface area contributed by atoms with Crippen molar-refractivity contribution in [3.05, 3.63) is 84.1 Å². The fourth-order valence-corrected chi connectivity index (χ4v) is 3.34. The van der Waals surface area contributed by atoms with Gasteiger partial charge >= 0.3 is 6.18 Å². The second-order valence-electron chi connectivity index (χ2n) is 6.21. The molecule has 0 bridgehead atoms. The summed E-state index contributed by atoms with van der Waals surface area (Å²) in [6.45, 7) is 5.43. The summed E-state index contributed by atoms with van der Waals surface area (Å²) in [4.78, 5) is 0. The van der Waals surface area contributed by atoms with E-state index in [9.17, 15) is 21.9 Å². The van der Waals surface area contributed by atoms with Gasteiger partial charge in [0.25, 0.3) is 0 Å². The Balaban J connectivity index is 2.10. The molecule has 3 rings (SSSR count). The van der Waals surface area contributed by atoms with Gasteiger partial charge in [-0.05, 0) is 30.7 Å². The average molecular weight is 406 g/mol. The van der Waals surface area contributed by atoms with E-state index in [1.165, 1.54) is 10.8 Å². The fraction of sp³-hybridized carbons (Fsp3) is 0.150. The number of alkyl halides is 3. The summed E-state index contributed by atoms with van der Waals surface area (Å²) in [5.74, 6) is 0. The van der Waals surface area contributed by atoms with Crippen molar-refractivity contribution in [3.8, 4) is 16.9 Å². The summed E-state index contributed by atoms with van der Waals surface area (Å²) in [6.07, 6.45) is -3.23. The number of aromatic nitrogens is 2. The molecule has 0 aliphatic heterocycles. The molecule has 0 amide bonds. The van der Waals surface area contributed by atoms with Crippen molar-refractivity contribution in [3.63, 3.8) is 0 Å². The highest BCUT2D eigenvalue weighted by Gasteiger charge is 2.35. The van der Waals surface area contributed by atoms with Crippen molar-refractivity contribution in [1.82, 2.24) is 9.78 Å². The third kappa shape index (κ3) is 4.07. The van der Waals surface area contributed by atoms with Crippen LogP contribution in [0.25, 0.3) is 16.9 Å². The molecule has 1 heterocycles. The van der Waals surface area contributed by atoms with E-state index in [2.05, 4.69) is 11.7 Å². The second-order valence-corrected chi connectivity index (χ2v) is 7.27. The molecule has 1 aromatic heterocycles. The van der Waals surface area contributed by atoms with Gasteiger partial charge in [-0.3, -0.25) is 0 Å². The Morgan fingerprint density at radius 3 is 2.25 bits per heavy atom. The molecule has 2 aromatic carbocycles. The first-order valence-corrected chi connectivity index (χ1v) is 9.44. The predicted molar refractivity (Wildman–Crippen MR) is 102 cm³/mol. The van der Waals surface area contributed by atoms with E-state index in [1.54, 1.807) is 36.4 Å². The third-order valence-corrected chi connectivity index (χ3v) is 5.14. The van der Waals surface area contributed by atoms with E-state index in [0.717, 1.165) is 11.6 Å². The Kier molecular flexibility index (Phi) is 5.53. The highest BCUT2D eigenvalue weighted by atomic mass is 32.2. The molecule has 146 valence electrons. The van der Waals surface area contributed by atoms with Crippen LogP contribution in [-0.4, -0.2) is 18.5 Å². The van der Waals surface area contributed by atoms with E-state index in [1.807, 2.05) is 19.1 Å². The van der Waals surface area contributed by atoms with Gasteiger partial charge < -0.3 is 4.55 Å². The van der Waals surface area contributed by atoms with Crippen LogP contribution in [0.3, 0.4) is 0 Å². The molecular formula is C20H17F3N2O2S. The van der Waals surface area contributed by atoms with Crippen molar-refractivity contribution >= 4 is 11.1 Å². The molecular weight excluding hydrogens is 389 g/mol. The summed E-state index contributed by atoms with van der Waals surface area (Å²) < 4.78 is 61.6. The minimum atomic E-state index is -4.58. The summed E-state index contributed by atoms with van der Waals surface area (Å²) in [5.41, 5.74) is 1.82. The maximum absolute atomic E-state index is 13.2. The van der Waals surface area contributed by atoms with Crippen LogP contribution in [0.2, 0.25) is 0 Å². The third-order valence-electron chi connectivity index (χ3n) is 4.24. The van der Waals surface area contributed by atoms with E-state index < -0.39 is 28.2 Å². The number of rotatable bonds is 5. The van der Waals surface area contributed by atoms with Crippen LogP contribution in [0.1, 0.15) is 22.1 Å². The largest absolute Gasteiger partial charge is 0.435 e. The quantitative estimate of drug-likeness (QED) is 0.461. The molecule has 2 unspecified atom stereocenters. The first kappa shape index (κ1) is 20.0. The van der Waals surface area contributed by atoms with E-state index in [-0.39, 0.29) is 0 Å². The van der Waals surface area contributed by atoms with Gasteiger partial charge in [-0.2, -0.15) is 18.3 Å². The van der Waals surface area contributed by atoms with Gasteiger partial charge in [-0.1, -0.05) is 48.0 Å². The lowest BCUT2D eigenvalue weighted by atomic mass is 10.1. The molecule has 3 aromatic rings. The topological polar surface area (TPSA) is 55.1 Å². The number of hydrogen-bond acceptors (Lipinski definition) is 2. The molecule has 0 aliphatic rings. The maximum Gasteiger partial charge on any atom is 0.435 e. The minimum Gasteiger partial charge on any atom is -0.305 e. The van der Waals surface area contributed by atoms with Gasteiger partial charge in [0.2, 0.25) is 0 Å². The zero-order chi connectivity index (χ0) is 20.5. The Labute approximate surface area is 162 Å². The van der Waals surface area contributed by atoms with Gasteiger partial charge in [-0.25, -0.2) is 8.89 Å².